The monoisotopic (exact) mass is 298 g/mol. The number of hydrogen-bond acceptors (Lipinski definition) is 5. The summed E-state index contributed by atoms with van der Waals surface area (Å²) in [6, 6.07) is -0.656. The SMILES string of the molecule is CCNC(=O)C1COCCN1C(=O)c1cncc(Cl)n1. The Balaban J connectivity index is 2.19. The lowest BCUT2D eigenvalue weighted by molar-refractivity contribution is -0.130. The van der Waals surface area contributed by atoms with Crippen molar-refractivity contribution in [1.82, 2.24) is 20.2 Å². The normalized spacial score (nSPS) is 18.7. The minimum absolute atomic E-state index is 0.119. The highest BCUT2D eigenvalue weighted by molar-refractivity contribution is 6.29. The van der Waals surface area contributed by atoms with Crippen LogP contribution in [-0.2, 0) is 9.53 Å². The van der Waals surface area contributed by atoms with Gasteiger partial charge < -0.3 is 15.0 Å². The predicted octanol–water partition coefficient (Wildman–Crippen LogP) is 0.107. The van der Waals surface area contributed by atoms with E-state index in [1.165, 1.54) is 17.3 Å². The molecule has 2 amide bonds. The number of nitrogens with zero attached hydrogens (tertiary/aromatic N) is 3. The van der Waals surface area contributed by atoms with Crippen molar-refractivity contribution in [2.24, 2.45) is 0 Å². The number of ether oxygens (including phenoxy) is 1. The number of carbonyl (C=O) groups excluding carboxylic acids is 2. The zero-order valence-electron chi connectivity index (χ0n) is 11.0. The summed E-state index contributed by atoms with van der Waals surface area (Å²) in [5, 5.41) is 2.83. The number of halogens is 1. The molecular formula is C12H15ClN4O3. The maximum atomic E-state index is 12.4. The summed E-state index contributed by atoms with van der Waals surface area (Å²) in [6.45, 7) is 3.19. The van der Waals surface area contributed by atoms with E-state index in [2.05, 4.69) is 15.3 Å². The molecule has 0 spiro atoms. The van der Waals surface area contributed by atoms with Gasteiger partial charge in [0.05, 0.1) is 25.6 Å². The third kappa shape index (κ3) is 3.23. The van der Waals surface area contributed by atoms with Crippen LogP contribution in [0, 0.1) is 0 Å². The highest BCUT2D eigenvalue weighted by Crippen LogP contribution is 2.12. The van der Waals surface area contributed by atoms with Crippen LogP contribution >= 0.6 is 11.6 Å². The van der Waals surface area contributed by atoms with Crippen LogP contribution in [0.2, 0.25) is 5.15 Å². The number of carbonyl (C=O) groups is 2. The van der Waals surface area contributed by atoms with Gasteiger partial charge in [-0.05, 0) is 6.92 Å². The average molecular weight is 299 g/mol. The van der Waals surface area contributed by atoms with Crippen LogP contribution in [0.5, 0.6) is 0 Å². The molecule has 8 heteroatoms. The summed E-state index contributed by atoms with van der Waals surface area (Å²) >= 11 is 5.73. The van der Waals surface area contributed by atoms with Gasteiger partial charge >= 0.3 is 0 Å². The van der Waals surface area contributed by atoms with Gasteiger partial charge in [0.25, 0.3) is 5.91 Å². The molecule has 0 aliphatic carbocycles. The van der Waals surface area contributed by atoms with Crippen molar-refractivity contribution in [3.63, 3.8) is 0 Å². The fourth-order valence-corrected chi connectivity index (χ4v) is 2.10. The smallest absolute Gasteiger partial charge is 0.274 e. The van der Waals surface area contributed by atoms with Crippen LogP contribution in [0.3, 0.4) is 0 Å². The van der Waals surface area contributed by atoms with Crippen molar-refractivity contribution >= 4 is 23.4 Å². The van der Waals surface area contributed by atoms with Crippen molar-refractivity contribution in [3.8, 4) is 0 Å². The van der Waals surface area contributed by atoms with Gasteiger partial charge in [0.1, 0.15) is 16.9 Å². The second kappa shape index (κ2) is 6.62. The number of nitrogens with one attached hydrogen (secondary N) is 1. The first-order valence-electron chi connectivity index (χ1n) is 6.27. The summed E-state index contributed by atoms with van der Waals surface area (Å²) in [7, 11) is 0. The highest BCUT2D eigenvalue weighted by Gasteiger charge is 2.33. The largest absolute Gasteiger partial charge is 0.377 e. The van der Waals surface area contributed by atoms with Gasteiger partial charge in [0.2, 0.25) is 5.91 Å². The summed E-state index contributed by atoms with van der Waals surface area (Å²) < 4.78 is 5.27. The highest BCUT2D eigenvalue weighted by atomic mass is 35.5. The minimum atomic E-state index is -0.656. The maximum absolute atomic E-state index is 12.4. The zero-order valence-corrected chi connectivity index (χ0v) is 11.8. The molecular weight excluding hydrogens is 284 g/mol. The van der Waals surface area contributed by atoms with Gasteiger partial charge in [0, 0.05) is 13.1 Å². The molecule has 1 aromatic heterocycles. The van der Waals surface area contributed by atoms with Crippen molar-refractivity contribution in [1.29, 1.82) is 0 Å². The Kier molecular flexibility index (Phi) is 4.86. The van der Waals surface area contributed by atoms with E-state index in [-0.39, 0.29) is 29.3 Å². The Morgan fingerprint density at radius 1 is 1.55 bits per heavy atom. The Morgan fingerprint density at radius 2 is 2.35 bits per heavy atom. The molecule has 0 saturated carbocycles. The molecule has 1 saturated heterocycles. The molecule has 2 heterocycles. The Hall–Kier alpha value is -1.73. The Morgan fingerprint density at radius 3 is 3.05 bits per heavy atom. The van der Waals surface area contributed by atoms with E-state index in [9.17, 15) is 9.59 Å². The molecule has 1 atom stereocenters. The van der Waals surface area contributed by atoms with E-state index < -0.39 is 6.04 Å². The Labute approximate surface area is 121 Å². The van der Waals surface area contributed by atoms with Crippen molar-refractivity contribution in [2.45, 2.75) is 13.0 Å². The van der Waals surface area contributed by atoms with Gasteiger partial charge in [-0.3, -0.25) is 14.6 Å². The molecule has 1 aliphatic rings. The van der Waals surface area contributed by atoms with Crippen LogP contribution in [-0.4, -0.2) is 59.0 Å². The van der Waals surface area contributed by atoms with Crippen LogP contribution in [0.15, 0.2) is 12.4 Å². The lowest BCUT2D eigenvalue weighted by Crippen LogP contribution is -2.56. The molecule has 0 radical (unpaired) electrons. The molecule has 2 rings (SSSR count). The summed E-state index contributed by atoms with van der Waals surface area (Å²) in [5.74, 6) is -0.616. The first-order valence-corrected chi connectivity index (χ1v) is 6.65. The van der Waals surface area contributed by atoms with Crippen LogP contribution < -0.4 is 5.32 Å². The third-order valence-electron chi connectivity index (χ3n) is 2.87. The fraction of sp³-hybridized carbons (Fsp3) is 0.500. The molecule has 108 valence electrons. The van der Waals surface area contributed by atoms with Gasteiger partial charge in [-0.25, -0.2) is 4.98 Å². The number of morpholine rings is 1. The molecule has 0 aromatic carbocycles. The molecule has 0 bridgehead atoms. The van der Waals surface area contributed by atoms with E-state index in [1.54, 1.807) is 0 Å². The maximum Gasteiger partial charge on any atom is 0.274 e. The fourth-order valence-electron chi connectivity index (χ4n) is 1.95. The minimum Gasteiger partial charge on any atom is -0.377 e. The van der Waals surface area contributed by atoms with Crippen LogP contribution in [0.1, 0.15) is 17.4 Å². The number of aromatic nitrogens is 2. The quantitative estimate of drug-likeness (QED) is 0.856. The lowest BCUT2D eigenvalue weighted by Gasteiger charge is -2.34. The number of hydrogen-bond donors (Lipinski definition) is 1. The standard InChI is InChI=1S/C12H15ClN4O3/c1-2-15-11(18)9-7-20-4-3-17(9)12(19)8-5-14-6-10(13)16-8/h5-6,9H,2-4,7H2,1H3,(H,15,18). The Bertz CT molecular complexity index is 511. The third-order valence-corrected chi connectivity index (χ3v) is 3.05. The zero-order chi connectivity index (χ0) is 14.5. The number of amides is 2. The van der Waals surface area contributed by atoms with Crippen molar-refractivity contribution < 1.29 is 14.3 Å². The second-order valence-electron chi connectivity index (χ2n) is 4.21. The topological polar surface area (TPSA) is 84.4 Å². The molecule has 1 N–H and O–H groups in total. The van der Waals surface area contributed by atoms with Crippen LogP contribution in [0.25, 0.3) is 0 Å². The molecule has 1 unspecified atom stereocenters. The average Bonchev–Trinajstić information content (AvgIpc) is 2.47. The van der Waals surface area contributed by atoms with E-state index in [0.29, 0.717) is 19.7 Å². The first-order chi connectivity index (χ1) is 9.63. The summed E-state index contributed by atoms with van der Waals surface area (Å²) in [5.41, 5.74) is 0.119. The predicted molar refractivity (Wildman–Crippen MR) is 71.4 cm³/mol. The van der Waals surface area contributed by atoms with Gasteiger partial charge in [-0.1, -0.05) is 11.6 Å². The molecule has 1 fully saturated rings. The summed E-state index contributed by atoms with van der Waals surface area (Å²) in [4.78, 5) is 33.6. The lowest BCUT2D eigenvalue weighted by atomic mass is 10.2. The molecule has 1 aromatic rings. The van der Waals surface area contributed by atoms with E-state index in [4.69, 9.17) is 16.3 Å². The summed E-state index contributed by atoms with van der Waals surface area (Å²) in [6.07, 6.45) is 2.68. The molecule has 1 aliphatic heterocycles. The van der Waals surface area contributed by atoms with Gasteiger partial charge in [-0.15, -0.1) is 0 Å². The molecule has 7 nitrogen and oxygen atoms in total. The number of likely N-dealkylation sites (N-methyl/N-ethyl adjacent to an activating group) is 1. The molecule has 20 heavy (non-hydrogen) atoms. The van der Waals surface area contributed by atoms with E-state index in [1.807, 2.05) is 6.92 Å². The number of rotatable bonds is 3. The first kappa shape index (κ1) is 14.7. The van der Waals surface area contributed by atoms with Crippen LogP contribution in [0.4, 0.5) is 0 Å². The van der Waals surface area contributed by atoms with E-state index >= 15 is 0 Å². The van der Waals surface area contributed by atoms with Crippen molar-refractivity contribution in [3.05, 3.63) is 23.2 Å². The van der Waals surface area contributed by atoms with Gasteiger partial charge in [0.15, 0.2) is 0 Å². The van der Waals surface area contributed by atoms with Crippen molar-refractivity contribution in [2.75, 3.05) is 26.3 Å². The van der Waals surface area contributed by atoms with Gasteiger partial charge in [-0.2, -0.15) is 0 Å². The second-order valence-corrected chi connectivity index (χ2v) is 4.60. The van der Waals surface area contributed by atoms with E-state index in [0.717, 1.165) is 0 Å².